The Morgan fingerprint density at radius 2 is 1.81 bits per heavy atom. The minimum absolute atomic E-state index is 0.125. The molecule has 2 fully saturated rings. The topological polar surface area (TPSA) is 120 Å². The molecule has 1 aromatic carbocycles. The fraction of sp³-hybridized carbons (Fsp3) is 0.323. The Hall–Kier alpha value is -5.02. The molecule has 43 heavy (non-hydrogen) atoms. The number of halogens is 1. The Bertz CT molecular complexity index is 1550. The summed E-state index contributed by atoms with van der Waals surface area (Å²) in [7, 11) is 1.39. The molecule has 2 N–H and O–H groups in total. The normalized spacial score (nSPS) is 17.7. The predicted octanol–water partition coefficient (Wildman–Crippen LogP) is 2.17. The fourth-order valence-electron chi connectivity index (χ4n) is 5.02. The van der Waals surface area contributed by atoms with Crippen LogP contribution >= 0.6 is 0 Å². The second-order valence-electron chi connectivity index (χ2n) is 10.1. The minimum atomic E-state index is -0.802. The lowest BCUT2D eigenvalue weighted by Gasteiger charge is -2.35. The van der Waals surface area contributed by atoms with Gasteiger partial charge in [0.25, 0.3) is 11.8 Å². The zero-order chi connectivity index (χ0) is 30.3. The van der Waals surface area contributed by atoms with Gasteiger partial charge in [-0.05, 0) is 42.8 Å². The smallest absolute Gasteiger partial charge is 0.322 e. The van der Waals surface area contributed by atoms with Crippen LogP contribution in [0.25, 0.3) is 0 Å². The third kappa shape index (κ3) is 6.90. The van der Waals surface area contributed by atoms with E-state index in [0.717, 1.165) is 44.0 Å². The number of imide groups is 1. The van der Waals surface area contributed by atoms with Crippen LogP contribution in [0.2, 0.25) is 0 Å². The van der Waals surface area contributed by atoms with E-state index < -0.39 is 23.8 Å². The molecule has 0 spiro atoms. The number of methoxy groups -OCH3 is 1. The number of amides is 4. The van der Waals surface area contributed by atoms with E-state index in [0.29, 0.717) is 18.7 Å². The van der Waals surface area contributed by atoms with Crippen LogP contribution < -0.4 is 20.3 Å². The van der Waals surface area contributed by atoms with E-state index >= 15 is 0 Å². The van der Waals surface area contributed by atoms with Crippen LogP contribution in [0.4, 0.5) is 14.9 Å². The summed E-state index contributed by atoms with van der Waals surface area (Å²) in [6.07, 6.45) is 5.34. The summed E-state index contributed by atoms with van der Waals surface area (Å²) >= 11 is 0. The number of nitrogens with one attached hydrogen (secondary N) is 2. The van der Waals surface area contributed by atoms with Crippen LogP contribution in [-0.2, 0) is 17.9 Å². The molecular weight excluding hydrogens is 553 g/mol. The number of nitrogens with zero attached hydrogens (tertiary/aromatic N) is 5. The molecule has 11 nitrogen and oxygen atoms in total. The SMILES string of the molecule is CCN1Cc2ccc(OC)c(F)c2C1=O.O=C1NC(=O)C(C#Cc2ccc(CN3CCN(c4ccncc4)CC3)nc2)N1. The van der Waals surface area contributed by atoms with Crippen molar-refractivity contribution in [2.24, 2.45) is 0 Å². The summed E-state index contributed by atoms with van der Waals surface area (Å²) in [6, 6.07) is 9.90. The first kappa shape index (κ1) is 29.5. The summed E-state index contributed by atoms with van der Waals surface area (Å²) < 4.78 is 18.6. The molecule has 0 bridgehead atoms. The van der Waals surface area contributed by atoms with Crippen molar-refractivity contribution in [3.63, 3.8) is 0 Å². The number of carbonyl (C=O) groups is 3. The highest BCUT2D eigenvalue weighted by atomic mass is 19.1. The maximum absolute atomic E-state index is 13.8. The van der Waals surface area contributed by atoms with E-state index in [2.05, 4.69) is 42.2 Å². The second-order valence-corrected chi connectivity index (χ2v) is 10.1. The third-order valence-corrected chi connectivity index (χ3v) is 7.40. The lowest BCUT2D eigenvalue weighted by atomic mass is 10.1. The third-order valence-electron chi connectivity index (χ3n) is 7.40. The molecule has 0 radical (unpaired) electrons. The number of hydrogen-bond donors (Lipinski definition) is 2. The Labute approximate surface area is 249 Å². The van der Waals surface area contributed by atoms with Gasteiger partial charge in [-0.1, -0.05) is 17.9 Å². The first-order valence-electron chi connectivity index (χ1n) is 14.0. The number of rotatable bonds is 5. The van der Waals surface area contributed by atoms with E-state index in [4.69, 9.17) is 4.74 Å². The molecule has 1 unspecified atom stereocenters. The molecule has 222 valence electrons. The van der Waals surface area contributed by atoms with Crippen molar-refractivity contribution in [3.8, 4) is 17.6 Å². The van der Waals surface area contributed by atoms with Gasteiger partial charge in [0.05, 0.1) is 18.4 Å². The molecule has 5 heterocycles. The van der Waals surface area contributed by atoms with E-state index in [1.165, 1.54) is 12.8 Å². The van der Waals surface area contributed by atoms with Crippen molar-refractivity contribution < 1.29 is 23.5 Å². The number of anilines is 1. The average molecular weight is 586 g/mol. The van der Waals surface area contributed by atoms with Crippen molar-refractivity contribution in [1.82, 2.24) is 30.4 Å². The van der Waals surface area contributed by atoms with Crippen LogP contribution in [0.3, 0.4) is 0 Å². The highest BCUT2D eigenvalue weighted by Gasteiger charge is 2.31. The Morgan fingerprint density at radius 1 is 1.05 bits per heavy atom. The van der Waals surface area contributed by atoms with Crippen LogP contribution in [0.1, 0.15) is 34.1 Å². The molecule has 2 saturated heterocycles. The van der Waals surface area contributed by atoms with Crippen molar-refractivity contribution in [2.45, 2.75) is 26.1 Å². The number of hydrogen-bond acceptors (Lipinski definition) is 8. The van der Waals surface area contributed by atoms with Crippen molar-refractivity contribution >= 4 is 23.5 Å². The molecule has 6 rings (SSSR count). The lowest BCUT2D eigenvalue weighted by Crippen LogP contribution is -2.46. The molecule has 3 aromatic rings. The zero-order valence-corrected chi connectivity index (χ0v) is 24.0. The van der Waals surface area contributed by atoms with E-state index in [1.807, 2.05) is 43.6 Å². The highest BCUT2D eigenvalue weighted by Crippen LogP contribution is 2.30. The van der Waals surface area contributed by atoms with Crippen LogP contribution in [0, 0.1) is 17.7 Å². The van der Waals surface area contributed by atoms with Crippen LogP contribution in [0.5, 0.6) is 5.75 Å². The predicted molar refractivity (Wildman–Crippen MR) is 157 cm³/mol. The molecule has 0 saturated carbocycles. The molecule has 3 aliphatic heterocycles. The highest BCUT2D eigenvalue weighted by molar-refractivity contribution is 6.05. The Kier molecular flexibility index (Phi) is 9.12. The number of ether oxygens (including phenoxy) is 1. The summed E-state index contributed by atoms with van der Waals surface area (Å²) in [6.45, 7) is 7.65. The van der Waals surface area contributed by atoms with E-state index in [9.17, 15) is 18.8 Å². The van der Waals surface area contributed by atoms with E-state index in [1.54, 1.807) is 23.2 Å². The summed E-state index contributed by atoms with van der Waals surface area (Å²) in [5.41, 5.74) is 3.80. The van der Waals surface area contributed by atoms with Gasteiger partial charge in [0.15, 0.2) is 17.6 Å². The van der Waals surface area contributed by atoms with Gasteiger partial charge in [-0.2, -0.15) is 0 Å². The number of aromatic nitrogens is 2. The van der Waals surface area contributed by atoms with Crippen LogP contribution in [0.15, 0.2) is 55.0 Å². The van der Waals surface area contributed by atoms with Crippen molar-refractivity contribution in [2.75, 3.05) is 44.7 Å². The van der Waals surface area contributed by atoms with Gasteiger partial charge < -0.3 is 19.9 Å². The monoisotopic (exact) mass is 585 g/mol. The van der Waals surface area contributed by atoms with Gasteiger partial charge >= 0.3 is 6.03 Å². The molecule has 3 aliphatic rings. The lowest BCUT2D eigenvalue weighted by molar-refractivity contribution is -0.119. The minimum Gasteiger partial charge on any atom is -0.494 e. The molecule has 2 aromatic heterocycles. The summed E-state index contributed by atoms with van der Waals surface area (Å²) in [4.78, 5) is 49.2. The van der Waals surface area contributed by atoms with Gasteiger partial charge in [-0.25, -0.2) is 9.18 Å². The van der Waals surface area contributed by atoms with Gasteiger partial charge in [0.1, 0.15) is 0 Å². The summed E-state index contributed by atoms with van der Waals surface area (Å²) in [5.74, 6) is 4.53. The Morgan fingerprint density at radius 3 is 2.44 bits per heavy atom. The zero-order valence-electron chi connectivity index (χ0n) is 24.0. The van der Waals surface area contributed by atoms with Gasteiger partial charge in [0.2, 0.25) is 0 Å². The van der Waals surface area contributed by atoms with Crippen molar-refractivity contribution in [1.29, 1.82) is 0 Å². The second kappa shape index (κ2) is 13.3. The number of carbonyl (C=O) groups excluding carboxylic acids is 3. The fourth-order valence-corrected chi connectivity index (χ4v) is 5.02. The number of pyridine rings is 2. The molecule has 4 amide bonds. The first-order valence-corrected chi connectivity index (χ1v) is 14.0. The maximum Gasteiger partial charge on any atom is 0.322 e. The van der Waals surface area contributed by atoms with E-state index in [-0.39, 0.29) is 17.2 Å². The first-order chi connectivity index (χ1) is 20.9. The maximum atomic E-state index is 13.8. The van der Waals surface area contributed by atoms with Gasteiger partial charge in [-0.3, -0.25) is 29.8 Å². The molecular formula is C31H32FN7O4. The largest absolute Gasteiger partial charge is 0.494 e. The average Bonchev–Trinajstić information content (AvgIpc) is 3.54. The molecule has 0 aliphatic carbocycles. The quantitative estimate of drug-likeness (QED) is 0.346. The molecule has 12 heteroatoms. The Balaban J connectivity index is 0.000000207. The van der Waals surface area contributed by atoms with Gasteiger partial charge in [0, 0.05) is 75.7 Å². The standard InChI is InChI=1S/C20H20N6O2.C11H12FNO2/c27-19-18(23-20(28)24-19)4-2-15-1-3-16(22-13-15)14-25-9-11-26(12-10-25)17-5-7-21-8-6-17;1-3-13-6-7-4-5-8(15-2)10(12)9(7)11(13)14/h1,3,5-8,13,18H,9-12,14H2,(H2,23,24,27,28);4-5H,3,6H2,1-2H3. The van der Waals surface area contributed by atoms with Crippen molar-refractivity contribution in [3.05, 3.63) is 83.2 Å². The number of piperazine rings is 1. The number of fused-ring (bicyclic) bond motifs is 1. The number of urea groups is 1. The number of benzene rings is 1. The summed E-state index contributed by atoms with van der Waals surface area (Å²) in [5, 5.41) is 4.60. The van der Waals surface area contributed by atoms with Gasteiger partial charge in [-0.15, -0.1) is 0 Å². The van der Waals surface area contributed by atoms with Crippen LogP contribution in [-0.4, -0.2) is 83.5 Å². The molecule has 1 atom stereocenters.